The normalized spacial score (nSPS) is 15.7. The van der Waals surface area contributed by atoms with Crippen molar-refractivity contribution < 1.29 is 0 Å². The average Bonchev–Trinajstić information content (AvgIpc) is 3.24. The van der Waals surface area contributed by atoms with E-state index in [0.717, 1.165) is 64.7 Å². The summed E-state index contributed by atoms with van der Waals surface area (Å²) >= 11 is 1.72. The summed E-state index contributed by atoms with van der Waals surface area (Å²) in [6.07, 6.45) is 1.13. The van der Waals surface area contributed by atoms with Gasteiger partial charge in [0, 0.05) is 45.0 Å². The molecule has 5 nitrogen and oxygen atoms in total. The predicted octanol–water partition coefficient (Wildman–Crippen LogP) is 3.02. The Bertz CT molecular complexity index is 663. The van der Waals surface area contributed by atoms with Crippen molar-refractivity contribution >= 4 is 23.0 Å². The molecule has 0 atom stereocenters. The molecule has 146 valence electrons. The number of para-hydroxylation sites is 1. The van der Waals surface area contributed by atoms with Gasteiger partial charge in [0.15, 0.2) is 5.96 Å². The van der Waals surface area contributed by atoms with Crippen LogP contribution in [-0.2, 0) is 6.54 Å². The quantitative estimate of drug-likeness (QED) is 0.416. The van der Waals surface area contributed by atoms with Crippen molar-refractivity contribution in [1.82, 2.24) is 15.5 Å². The highest BCUT2D eigenvalue weighted by molar-refractivity contribution is 7.07. The van der Waals surface area contributed by atoms with Gasteiger partial charge in [0.1, 0.15) is 0 Å². The first-order chi connectivity index (χ1) is 13.3. The molecule has 27 heavy (non-hydrogen) atoms. The lowest BCUT2D eigenvalue weighted by molar-refractivity contribution is 0.255. The fourth-order valence-electron chi connectivity index (χ4n) is 3.27. The summed E-state index contributed by atoms with van der Waals surface area (Å²) in [7, 11) is 0. The van der Waals surface area contributed by atoms with E-state index in [0.29, 0.717) is 0 Å². The van der Waals surface area contributed by atoms with Crippen LogP contribution in [0.15, 0.2) is 52.2 Å². The third kappa shape index (κ3) is 6.56. The first-order valence-electron chi connectivity index (χ1n) is 9.91. The van der Waals surface area contributed by atoms with Crippen molar-refractivity contribution in [2.45, 2.75) is 19.9 Å². The van der Waals surface area contributed by atoms with Crippen LogP contribution >= 0.6 is 11.3 Å². The molecule has 1 aromatic heterocycles. The van der Waals surface area contributed by atoms with Crippen LogP contribution in [0.4, 0.5) is 5.69 Å². The van der Waals surface area contributed by atoms with Crippen LogP contribution < -0.4 is 15.5 Å². The molecular weight excluding hydrogens is 354 g/mol. The highest BCUT2D eigenvalue weighted by atomic mass is 32.1. The van der Waals surface area contributed by atoms with Gasteiger partial charge in [-0.25, -0.2) is 4.99 Å². The molecule has 3 rings (SSSR count). The van der Waals surface area contributed by atoms with Crippen LogP contribution in [0.2, 0.25) is 0 Å². The number of nitrogens with one attached hydrogen (secondary N) is 2. The van der Waals surface area contributed by atoms with E-state index >= 15 is 0 Å². The van der Waals surface area contributed by atoms with E-state index in [4.69, 9.17) is 0 Å². The van der Waals surface area contributed by atoms with E-state index in [1.807, 2.05) is 0 Å². The van der Waals surface area contributed by atoms with Crippen molar-refractivity contribution in [1.29, 1.82) is 0 Å². The van der Waals surface area contributed by atoms with E-state index < -0.39 is 0 Å². The van der Waals surface area contributed by atoms with Crippen LogP contribution in [0.5, 0.6) is 0 Å². The second-order valence-electron chi connectivity index (χ2n) is 6.77. The summed E-state index contributed by atoms with van der Waals surface area (Å²) in [6.45, 7) is 10.3. The third-order valence-corrected chi connectivity index (χ3v) is 5.51. The van der Waals surface area contributed by atoms with Crippen molar-refractivity contribution in [3.05, 3.63) is 52.7 Å². The lowest BCUT2D eigenvalue weighted by Gasteiger charge is -2.36. The number of anilines is 1. The molecule has 1 aliphatic rings. The van der Waals surface area contributed by atoms with Gasteiger partial charge in [-0.1, -0.05) is 18.2 Å². The largest absolute Gasteiger partial charge is 0.369 e. The first-order valence-corrected chi connectivity index (χ1v) is 10.8. The Morgan fingerprint density at radius 3 is 2.59 bits per heavy atom. The van der Waals surface area contributed by atoms with Gasteiger partial charge in [0.05, 0.1) is 6.54 Å². The standard InChI is InChI=1S/C21H31N5S/c1-2-22-21(24-17-19-9-16-27-18-19)23-10-6-11-25-12-14-26(15-13-25)20-7-4-3-5-8-20/h3-5,7-9,16,18H,2,6,10-15,17H2,1H3,(H2,22,23,24). The summed E-state index contributed by atoms with van der Waals surface area (Å²) < 4.78 is 0. The van der Waals surface area contributed by atoms with Gasteiger partial charge in [-0.3, -0.25) is 4.90 Å². The van der Waals surface area contributed by atoms with Crippen molar-refractivity contribution in [3.63, 3.8) is 0 Å². The number of thiophene rings is 1. The summed E-state index contributed by atoms with van der Waals surface area (Å²) in [6, 6.07) is 12.9. The Morgan fingerprint density at radius 1 is 1.07 bits per heavy atom. The fourth-order valence-corrected chi connectivity index (χ4v) is 3.93. The van der Waals surface area contributed by atoms with Gasteiger partial charge in [0.25, 0.3) is 0 Å². The second kappa shape index (κ2) is 10.9. The van der Waals surface area contributed by atoms with Crippen molar-refractivity contribution in [2.75, 3.05) is 50.7 Å². The maximum absolute atomic E-state index is 4.66. The van der Waals surface area contributed by atoms with E-state index in [1.165, 1.54) is 11.3 Å². The molecule has 0 radical (unpaired) electrons. The highest BCUT2D eigenvalue weighted by Gasteiger charge is 2.16. The molecule has 1 fully saturated rings. The molecule has 0 saturated carbocycles. The molecule has 6 heteroatoms. The summed E-state index contributed by atoms with van der Waals surface area (Å²) in [5, 5.41) is 11.0. The number of benzene rings is 1. The Morgan fingerprint density at radius 2 is 1.89 bits per heavy atom. The lowest BCUT2D eigenvalue weighted by atomic mass is 10.2. The van der Waals surface area contributed by atoms with Crippen molar-refractivity contribution in [3.8, 4) is 0 Å². The molecule has 2 aromatic rings. The zero-order chi connectivity index (χ0) is 18.7. The molecule has 2 heterocycles. The van der Waals surface area contributed by atoms with Gasteiger partial charge in [-0.15, -0.1) is 0 Å². The van der Waals surface area contributed by atoms with Gasteiger partial charge >= 0.3 is 0 Å². The topological polar surface area (TPSA) is 42.9 Å². The maximum Gasteiger partial charge on any atom is 0.191 e. The van der Waals surface area contributed by atoms with Gasteiger partial charge in [-0.2, -0.15) is 11.3 Å². The summed E-state index contributed by atoms with van der Waals surface area (Å²) in [4.78, 5) is 9.71. The first kappa shape index (κ1) is 19.7. The second-order valence-corrected chi connectivity index (χ2v) is 7.55. The predicted molar refractivity (Wildman–Crippen MR) is 117 cm³/mol. The highest BCUT2D eigenvalue weighted by Crippen LogP contribution is 2.15. The fraction of sp³-hybridized carbons (Fsp3) is 0.476. The lowest BCUT2D eigenvalue weighted by Crippen LogP contribution is -2.47. The smallest absolute Gasteiger partial charge is 0.191 e. The molecule has 0 bridgehead atoms. The summed E-state index contributed by atoms with van der Waals surface area (Å²) in [5.41, 5.74) is 2.62. The van der Waals surface area contributed by atoms with Gasteiger partial charge in [-0.05, 0) is 54.4 Å². The number of aliphatic imine (C=N–C) groups is 1. The van der Waals surface area contributed by atoms with E-state index in [9.17, 15) is 0 Å². The van der Waals surface area contributed by atoms with Gasteiger partial charge in [0.2, 0.25) is 0 Å². The van der Waals surface area contributed by atoms with E-state index in [2.05, 4.69) is 79.5 Å². The summed E-state index contributed by atoms with van der Waals surface area (Å²) in [5.74, 6) is 0.914. The molecule has 0 aliphatic carbocycles. The average molecular weight is 386 g/mol. The Balaban J connectivity index is 1.34. The molecule has 1 aromatic carbocycles. The molecule has 1 saturated heterocycles. The van der Waals surface area contributed by atoms with Crippen LogP contribution in [0.3, 0.4) is 0 Å². The molecule has 2 N–H and O–H groups in total. The minimum Gasteiger partial charge on any atom is -0.369 e. The van der Waals surface area contributed by atoms with E-state index in [-0.39, 0.29) is 0 Å². The van der Waals surface area contributed by atoms with Crippen LogP contribution in [0.1, 0.15) is 18.9 Å². The van der Waals surface area contributed by atoms with Crippen molar-refractivity contribution in [2.24, 2.45) is 4.99 Å². The van der Waals surface area contributed by atoms with Crippen LogP contribution in [0.25, 0.3) is 0 Å². The Hall–Kier alpha value is -2.05. The zero-order valence-corrected chi connectivity index (χ0v) is 17.0. The molecule has 0 unspecified atom stereocenters. The Labute approximate surface area is 167 Å². The minimum atomic E-state index is 0.736. The number of nitrogens with zero attached hydrogens (tertiary/aromatic N) is 3. The van der Waals surface area contributed by atoms with Crippen LogP contribution in [-0.4, -0.2) is 56.7 Å². The molecular formula is C21H31N5S. The number of hydrogen-bond donors (Lipinski definition) is 2. The Kier molecular flexibility index (Phi) is 7.99. The molecule has 0 spiro atoms. The molecule has 0 amide bonds. The maximum atomic E-state index is 4.66. The van der Waals surface area contributed by atoms with Gasteiger partial charge < -0.3 is 15.5 Å². The number of guanidine groups is 1. The third-order valence-electron chi connectivity index (χ3n) is 4.78. The van der Waals surface area contributed by atoms with Crippen LogP contribution in [0, 0.1) is 0 Å². The monoisotopic (exact) mass is 385 g/mol. The molecule has 1 aliphatic heterocycles. The minimum absolute atomic E-state index is 0.736. The zero-order valence-electron chi connectivity index (χ0n) is 16.2. The van der Waals surface area contributed by atoms with E-state index in [1.54, 1.807) is 11.3 Å². The SMILES string of the molecule is CCNC(=NCc1ccsc1)NCCCN1CCN(c2ccccc2)CC1. The number of piperazine rings is 1. The number of hydrogen-bond acceptors (Lipinski definition) is 4. The number of rotatable bonds is 8.